The molecule has 0 radical (unpaired) electrons. The second-order valence-electron chi connectivity index (χ2n) is 4.54. The number of carbonyl (C=O) groups is 1. The van der Waals surface area contributed by atoms with E-state index in [0.717, 1.165) is 5.39 Å². The predicted octanol–water partition coefficient (Wildman–Crippen LogP) is 1.54. The number of benzene rings is 1. The smallest absolute Gasteiger partial charge is 0.337 e. The van der Waals surface area contributed by atoms with Crippen molar-refractivity contribution < 1.29 is 9.90 Å². The highest BCUT2D eigenvalue weighted by Crippen LogP contribution is 2.07. The Balaban J connectivity index is 1.96. The van der Waals surface area contributed by atoms with Gasteiger partial charge in [-0.15, -0.1) is 0 Å². The summed E-state index contributed by atoms with van der Waals surface area (Å²) in [6.07, 6.45) is 2.89. The molecule has 0 aliphatic heterocycles. The van der Waals surface area contributed by atoms with Gasteiger partial charge in [0, 0.05) is 11.6 Å². The van der Waals surface area contributed by atoms with Gasteiger partial charge in [-0.05, 0) is 18.2 Å². The fourth-order valence-electron chi connectivity index (χ4n) is 2.04. The van der Waals surface area contributed by atoms with Gasteiger partial charge >= 0.3 is 5.97 Å². The third kappa shape index (κ3) is 2.51. The molecule has 1 aromatic carbocycles. The van der Waals surface area contributed by atoms with Crippen molar-refractivity contribution >= 4 is 16.7 Å². The Morgan fingerprint density at radius 3 is 2.67 bits per heavy atom. The molecule has 6 heteroatoms. The molecule has 0 fully saturated rings. The van der Waals surface area contributed by atoms with Crippen LogP contribution in [0.3, 0.4) is 0 Å². The van der Waals surface area contributed by atoms with E-state index in [-0.39, 0.29) is 17.7 Å². The maximum atomic E-state index is 12.3. The van der Waals surface area contributed by atoms with Crippen molar-refractivity contribution in [3.63, 3.8) is 0 Å². The molecule has 3 aromatic rings. The van der Waals surface area contributed by atoms with Crippen LogP contribution in [0.2, 0.25) is 0 Å². The third-order valence-corrected chi connectivity index (χ3v) is 3.15. The number of fused-ring (bicyclic) bond motifs is 1. The fraction of sp³-hybridized carbons (Fsp3) is 0.0667. The first kappa shape index (κ1) is 13.0. The molecular formula is C15H11N3O3. The van der Waals surface area contributed by atoms with Gasteiger partial charge < -0.3 is 5.11 Å². The number of hydrogen-bond acceptors (Lipinski definition) is 4. The van der Waals surface area contributed by atoms with E-state index in [4.69, 9.17) is 5.11 Å². The third-order valence-electron chi connectivity index (χ3n) is 3.15. The van der Waals surface area contributed by atoms with Gasteiger partial charge in [0.25, 0.3) is 5.56 Å². The summed E-state index contributed by atoms with van der Waals surface area (Å²) >= 11 is 0. The van der Waals surface area contributed by atoms with Crippen LogP contribution in [0.25, 0.3) is 10.8 Å². The lowest BCUT2D eigenvalue weighted by Gasteiger charge is -2.05. The molecule has 2 heterocycles. The van der Waals surface area contributed by atoms with Crippen LogP contribution >= 0.6 is 0 Å². The van der Waals surface area contributed by atoms with E-state index >= 15 is 0 Å². The van der Waals surface area contributed by atoms with Crippen LogP contribution in [-0.4, -0.2) is 25.8 Å². The Kier molecular flexibility index (Phi) is 3.19. The molecule has 0 aliphatic carbocycles. The first-order valence-electron chi connectivity index (χ1n) is 6.28. The highest BCUT2D eigenvalue weighted by atomic mass is 16.4. The van der Waals surface area contributed by atoms with Crippen LogP contribution in [0.4, 0.5) is 0 Å². The van der Waals surface area contributed by atoms with Gasteiger partial charge in [-0.3, -0.25) is 9.78 Å². The summed E-state index contributed by atoms with van der Waals surface area (Å²) < 4.78 is 1.31. The van der Waals surface area contributed by atoms with Crippen molar-refractivity contribution in [2.75, 3.05) is 0 Å². The van der Waals surface area contributed by atoms with Crippen LogP contribution in [0, 0.1) is 0 Å². The molecule has 0 amide bonds. The number of aromatic carboxylic acids is 1. The van der Waals surface area contributed by atoms with Crippen molar-refractivity contribution in [1.82, 2.24) is 14.8 Å². The zero-order valence-corrected chi connectivity index (χ0v) is 10.9. The molecule has 0 unspecified atom stereocenters. The van der Waals surface area contributed by atoms with Gasteiger partial charge in [-0.1, -0.05) is 18.2 Å². The van der Waals surface area contributed by atoms with Crippen molar-refractivity contribution in [1.29, 1.82) is 0 Å². The average Bonchev–Trinajstić information content (AvgIpc) is 2.51. The number of carboxylic acids is 1. The highest BCUT2D eigenvalue weighted by Gasteiger charge is 2.06. The monoisotopic (exact) mass is 281 g/mol. The van der Waals surface area contributed by atoms with Crippen LogP contribution < -0.4 is 5.56 Å². The summed E-state index contributed by atoms with van der Waals surface area (Å²) in [5.41, 5.74) is 0.486. The molecule has 6 nitrogen and oxygen atoms in total. The first-order chi connectivity index (χ1) is 10.1. The number of rotatable bonds is 3. The van der Waals surface area contributed by atoms with E-state index in [0.29, 0.717) is 11.1 Å². The number of pyridine rings is 1. The second kappa shape index (κ2) is 5.16. The lowest BCUT2D eigenvalue weighted by molar-refractivity contribution is 0.0696. The molecule has 0 aliphatic rings. The van der Waals surface area contributed by atoms with Gasteiger partial charge in [-0.2, -0.15) is 5.10 Å². The second-order valence-corrected chi connectivity index (χ2v) is 4.54. The van der Waals surface area contributed by atoms with Gasteiger partial charge in [0.1, 0.15) is 0 Å². The first-order valence-corrected chi connectivity index (χ1v) is 6.28. The Labute approximate surface area is 119 Å². The van der Waals surface area contributed by atoms with E-state index in [2.05, 4.69) is 10.1 Å². The van der Waals surface area contributed by atoms with E-state index in [9.17, 15) is 9.59 Å². The Morgan fingerprint density at radius 1 is 1.14 bits per heavy atom. The van der Waals surface area contributed by atoms with E-state index in [1.54, 1.807) is 24.4 Å². The highest BCUT2D eigenvalue weighted by molar-refractivity contribution is 5.87. The number of aromatic nitrogens is 3. The Bertz CT molecular complexity index is 869. The molecule has 104 valence electrons. The predicted molar refractivity (Wildman–Crippen MR) is 76.3 cm³/mol. The Hall–Kier alpha value is -3.02. The molecular weight excluding hydrogens is 270 g/mol. The van der Waals surface area contributed by atoms with Crippen molar-refractivity contribution in [2.24, 2.45) is 0 Å². The topological polar surface area (TPSA) is 85.1 Å². The number of carboxylic acid groups (broad SMARTS) is 1. The SMILES string of the molecule is O=C(O)c1ccc(Cn2ncc3ccccc3c2=O)nc1. The minimum absolute atomic E-state index is 0.109. The summed E-state index contributed by atoms with van der Waals surface area (Å²) in [5.74, 6) is -1.03. The summed E-state index contributed by atoms with van der Waals surface area (Å²) in [4.78, 5) is 27.1. The van der Waals surface area contributed by atoms with Gasteiger partial charge in [0.05, 0.1) is 29.4 Å². The van der Waals surface area contributed by atoms with E-state index in [1.807, 2.05) is 12.1 Å². The van der Waals surface area contributed by atoms with E-state index in [1.165, 1.54) is 16.9 Å². The quantitative estimate of drug-likeness (QED) is 0.787. The average molecular weight is 281 g/mol. The zero-order valence-electron chi connectivity index (χ0n) is 10.9. The minimum atomic E-state index is -1.03. The van der Waals surface area contributed by atoms with Gasteiger partial charge in [0.2, 0.25) is 0 Å². The molecule has 0 atom stereocenters. The molecule has 3 rings (SSSR count). The summed E-state index contributed by atoms with van der Waals surface area (Å²) in [5, 5.41) is 14.3. The molecule has 2 aromatic heterocycles. The van der Waals surface area contributed by atoms with Crippen molar-refractivity contribution in [3.8, 4) is 0 Å². The van der Waals surface area contributed by atoms with Crippen LogP contribution in [-0.2, 0) is 6.54 Å². The van der Waals surface area contributed by atoms with Crippen LogP contribution in [0.1, 0.15) is 16.1 Å². The molecule has 0 bridgehead atoms. The van der Waals surface area contributed by atoms with Crippen molar-refractivity contribution in [2.45, 2.75) is 6.54 Å². The minimum Gasteiger partial charge on any atom is -0.478 e. The molecule has 21 heavy (non-hydrogen) atoms. The normalized spacial score (nSPS) is 10.7. The van der Waals surface area contributed by atoms with Crippen LogP contribution in [0.15, 0.2) is 53.6 Å². The van der Waals surface area contributed by atoms with Crippen LogP contribution in [0.5, 0.6) is 0 Å². The number of nitrogens with zero attached hydrogens (tertiary/aromatic N) is 3. The molecule has 0 saturated carbocycles. The maximum Gasteiger partial charge on any atom is 0.337 e. The summed E-state index contributed by atoms with van der Waals surface area (Å²) in [6, 6.07) is 10.3. The summed E-state index contributed by atoms with van der Waals surface area (Å²) in [6.45, 7) is 0.198. The fourth-order valence-corrected chi connectivity index (χ4v) is 2.04. The Morgan fingerprint density at radius 2 is 1.95 bits per heavy atom. The maximum absolute atomic E-state index is 12.3. The molecule has 0 spiro atoms. The van der Waals surface area contributed by atoms with E-state index < -0.39 is 5.97 Å². The molecule has 1 N–H and O–H groups in total. The van der Waals surface area contributed by atoms with Gasteiger partial charge in [0.15, 0.2) is 0 Å². The number of hydrogen-bond donors (Lipinski definition) is 1. The van der Waals surface area contributed by atoms with Gasteiger partial charge in [-0.25, -0.2) is 9.48 Å². The van der Waals surface area contributed by atoms with Crippen molar-refractivity contribution in [3.05, 3.63) is 70.4 Å². The largest absolute Gasteiger partial charge is 0.478 e. The summed E-state index contributed by atoms with van der Waals surface area (Å²) in [7, 11) is 0. The lowest BCUT2D eigenvalue weighted by atomic mass is 10.2. The lowest BCUT2D eigenvalue weighted by Crippen LogP contribution is -2.23. The zero-order chi connectivity index (χ0) is 14.8. The molecule has 0 saturated heterocycles. The standard InChI is InChI=1S/C15H11N3O3/c19-14-13-4-2-1-3-10(13)8-17-18(14)9-12-6-5-11(7-16-12)15(20)21/h1-8H,9H2,(H,20,21).